The Labute approximate surface area is 135 Å². The zero-order chi connectivity index (χ0) is 16.1. The summed E-state index contributed by atoms with van der Waals surface area (Å²) >= 11 is 6.05. The van der Waals surface area contributed by atoms with Gasteiger partial charge in [-0.1, -0.05) is 35.9 Å². The predicted octanol–water partition coefficient (Wildman–Crippen LogP) is 4.32. The maximum Gasteiger partial charge on any atom is 0.321 e. The summed E-state index contributed by atoms with van der Waals surface area (Å²) in [5.74, 6) is 0.577. The number of nitrogens with one attached hydrogen (secondary N) is 1. The highest BCUT2D eigenvalue weighted by Gasteiger charge is 2.11. The van der Waals surface area contributed by atoms with Crippen molar-refractivity contribution in [3.8, 4) is 5.75 Å². The van der Waals surface area contributed by atoms with Crippen LogP contribution in [0.2, 0.25) is 5.02 Å². The number of anilines is 1. The summed E-state index contributed by atoms with van der Waals surface area (Å²) in [6.45, 7) is 2.58. The molecule has 22 heavy (non-hydrogen) atoms. The van der Waals surface area contributed by atoms with Crippen LogP contribution in [-0.4, -0.2) is 25.1 Å². The van der Waals surface area contributed by atoms with Gasteiger partial charge in [0.25, 0.3) is 0 Å². The topological polar surface area (TPSA) is 41.6 Å². The first-order valence-corrected chi connectivity index (χ1v) is 7.29. The number of ether oxygens (including phenoxy) is 1. The Morgan fingerprint density at radius 2 is 2.00 bits per heavy atom. The van der Waals surface area contributed by atoms with Crippen LogP contribution in [-0.2, 0) is 6.54 Å². The van der Waals surface area contributed by atoms with Gasteiger partial charge in [0.1, 0.15) is 5.75 Å². The lowest BCUT2D eigenvalue weighted by atomic mass is 10.1. The van der Waals surface area contributed by atoms with E-state index in [9.17, 15) is 4.79 Å². The quantitative estimate of drug-likeness (QED) is 0.912. The molecule has 2 aromatic carbocycles. The van der Waals surface area contributed by atoms with Crippen molar-refractivity contribution in [3.05, 3.63) is 58.6 Å². The fourth-order valence-corrected chi connectivity index (χ4v) is 2.34. The number of halogens is 1. The average Bonchev–Trinajstić information content (AvgIpc) is 2.49. The summed E-state index contributed by atoms with van der Waals surface area (Å²) in [5, 5.41) is 3.28. The van der Waals surface area contributed by atoms with E-state index in [0.29, 0.717) is 23.0 Å². The predicted molar refractivity (Wildman–Crippen MR) is 89.7 cm³/mol. The Morgan fingerprint density at radius 3 is 2.64 bits per heavy atom. The molecule has 0 atom stereocenters. The molecule has 0 saturated heterocycles. The Balaban J connectivity index is 2.02. The molecule has 0 aromatic heterocycles. The van der Waals surface area contributed by atoms with E-state index in [2.05, 4.69) is 5.32 Å². The van der Waals surface area contributed by atoms with Crippen molar-refractivity contribution < 1.29 is 9.53 Å². The Bertz CT molecular complexity index is 673. The lowest BCUT2D eigenvalue weighted by molar-refractivity contribution is 0.220. The van der Waals surface area contributed by atoms with E-state index >= 15 is 0 Å². The number of benzene rings is 2. The molecule has 4 nitrogen and oxygen atoms in total. The van der Waals surface area contributed by atoms with E-state index in [4.69, 9.17) is 16.3 Å². The molecule has 2 amide bonds. The van der Waals surface area contributed by atoms with Crippen molar-refractivity contribution in [1.82, 2.24) is 4.90 Å². The fourth-order valence-electron chi connectivity index (χ4n) is 2.08. The molecule has 0 fully saturated rings. The Kier molecular flexibility index (Phi) is 5.28. The second-order valence-corrected chi connectivity index (χ2v) is 5.47. The molecule has 0 spiro atoms. The van der Waals surface area contributed by atoms with Gasteiger partial charge in [-0.05, 0) is 36.2 Å². The zero-order valence-electron chi connectivity index (χ0n) is 12.9. The molecule has 0 aliphatic rings. The molecule has 0 aliphatic carbocycles. The van der Waals surface area contributed by atoms with Crippen LogP contribution in [0.4, 0.5) is 10.5 Å². The molecule has 116 valence electrons. The summed E-state index contributed by atoms with van der Waals surface area (Å²) in [4.78, 5) is 13.9. The van der Waals surface area contributed by atoms with Gasteiger partial charge in [-0.25, -0.2) is 4.79 Å². The fraction of sp³-hybridized carbons (Fsp3) is 0.235. The minimum absolute atomic E-state index is 0.190. The molecule has 0 saturated carbocycles. The molecule has 0 aliphatic heterocycles. The second-order valence-electron chi connectivity index (χ2n) is 5.06. The smallest absolute Gasteiger partial charge is 0.321 e. The lowest BCUT2D eigenvalue weighted by Crippen LogP contribution is -2.31. The standard InChI is InChI=1S/C17H19ClN2O2/c1-12-6-4-5-7-13(12)11-20(2)17(21)19-14-8-9-16(22-3)15(18)10-14/h4-10H,11H2,1-3H3,(H,19,21). The molecule has 2 aromatic rings. The van der Waals surface area contributed by atoms with Crippen molar-refractivity contribution in [3.63, 3.8) is 0 Å². The first kappa shape index (κ1) is 16.2. The van der Waals surface area contributed by atoms with Gasteiger partial charge in [-0.3, -0.25) is 0 Å². The number of carbonyl (C=O) groups is 1. The van der Waals surface area contributed by atoms with E-state index < -0.39 is 0 Å². The van der Waals surface area contributed by atoms with Crippen molar-refractivity contribution in [2.75, 3.05) is 19.5 Å². The van der Waals surface area contributed by atoms with Gasteiger partial charge in [-0.15, -0.1) is 0 Å². The highest BCUT2D eigenvalue weighted by molar-refractivity contribution is 6.32. The van der Waals surface area contributed by atoms with E-state index in [0.717, 1.165) is 11.1 Å². The van der Waals surface area contributed by atoms with Gasteiger partial charge in [-0.2, -0.15) is 0 Å². The molecular formula is C17H19ClN2O2. The maximum atomic E-state index is 12.2. The number of hydrogen-bond donors (Lipinski definition) is 1. The number of amides is 2. The summed E-state index contributed by atoms with van der Waals surface area (Å²) in [6.07, 6.45) is 0. The first-order valence-electron chi connectivity index (χ1n) is 6.91. The number of rotatable bonds is 4. The summed E-state index contributed by atoms with van der Waals surface area (Å²) < 4.78 is 5.09. The van der Waals surface area contributed by atoms with Crippen LogP contribution in [0, 0.1) is 6.92 Å². The lowest BCUT2D eigenvalue weighted by Gasteiger charge is -2.19. The Morgan fingerprint density at radius 1 is 1.27 bits per heavy atom. The third kappa shape index (κ3) is 3.92. The van der Waals surface area contributed by atoms with Crippen molar-refractivity contribution in [2.45, 2.75) is 13.5 Å². The first-order chi connectivity index (χ1) is 10.5. The van der Waals surface area contributed by atoms with Crippen molar-refractivity contribution >= 4 is 23.3 Å². The van der Waals surface area contributed by atoms with Gasteiger partial charge in [0.05, 0.1) is 12.1 Å². The third-order valence-corrected chi connectivity index (χ3v) is 3.71. The van der Waals surface area contributed by atoms with E-state index in [-0.39, 0.29) is 6.03 Å². The summed E-state index contributed by atoms with van der Waals surface area (Å²) in [6, 6.07) is 13.0. The van der Waals surface area contributed by atoms with Gasteiger partial charge < -0.3 is 15.0 Å². The minimum atomic E-state index is -0.190. The van der Waals surface area contributed by atoms with E-state index in [1.165, 1.54) is 0 Å². The van der Waals surface area contributed by atoms with Crippen molar-refractivity contribution in [1.29, 1.82) is 0 Å². The van der Waals surface area contributed by atoms with E-state index in [1.807, 2.05) is 31.2 Å². The van der Waals surface area contributed by atoms with Crippen LogP contribution in [0.15, 0.2) is 42.5 Å². The normalized spacial score (nSPS) is 10.2. The molecule has 0 bridgehead atoms. The van der Waals surface area contributed by atoms with Crippen LogP contribution in [0.1, 0.15) is 11.1 Å². The number of hydrogen-bond acceptors (Lipinski definition) is 2. The van der Waals surface area contributed by atoms with Crippen LogP contribution < -0.4 is 10.1 Å². The van der Waals surface area contributed by atoms with Crippen LogP contribution in [0.25, 0.3) is 0 Å². The monoisotopic (exact) mass is 318 g/mol. The number of aryl methyl sites for hydroxylation is 1. The molecular weight excluding hydrogens is 300 g/mol. The third-order valence-electron chi connectivity index (χ3n) is 3.42. The molecule has 5 heteroatoms. The molecule has 0 unspecified atom stereocenters. The summed E-state index contributed by atoms with van der Waals surface area (Å²) in [5.41, 5.74) is 2.91. The minimum Gasteiger partial charge on any atom is -0.495 e. The van der Waals surface area contributed by atoms with Crippen LogP contribution >= 0.6 is 11.6 Å². The zero-order valence-corrected chi connectivity index (χ0v) is 13.6. The Hall–Kier alpha value is -2.20. The number of carbonyl (C=O) groups excluding carboxylic acids is 1. The second kappa shape index (κ2) is 7.18. The highest BCUT2D eigenvalue weighted by atomic mass is 35.5. The number of urea groups is 1. The van der Waals surface area contributed by atoms with Crippen molar-refractivity contribution in [2.24, 2.45) is 0 Å². The number of nitrogens with zero attached hydrogens (tertiary/aromatic N) is 1. The van der Waals surface area contributed by atoms with Gasteiger partial charge in [0.2, 0.25) is 0 Å². The number of methoxy groups -OCH3 is 1. The largest absolute Gasteiger partial charge is 0.495 e. The maximum absolute atomic E-state index is 12.2. The van der Waals surface area contributed by atoms with Gasteiger partial charge >= 0.3 is 6.03 Å². The molecule has 0 heterocycles. The van der Waals surface area contributed by atoms with Crippen LogP contribution in [0.3, 0.4) is 0 Å². The molecule has 0 radical (unpaired) electrons. The molecule has 1 N–H and O–H groups in total. The van der Waals surface area contributed by atoms with Gasteiger partial charge in [0.15, 0.2) is 0 Å². The van der Waals surface area contributed by atoms with E-state index in [1.54, 1.807) is 37.3 Å². The van der Waals surface area contributed by atoms with Gasteiger partial charge in [0, 0.05) is 19.3 Å². The highest BCUT2D eigenvalue weighted by Crippen LogP contribution is 2.27. The molecule has 2 rings (SSSR count). The average molecular weight is 319 g/mol. The summed E-state index contributed by atoms with van der Waals surface area (Å²) in [7, 11) is 3.31. The SMILES string of the molecule is COc1ccc(NC(=O)N(C)Cc2ccccc2C)cc1Cl. The van der Waals surface area contributed by atoms with Crippen LogP contribution in [0.5, 0.6) is 5.75 Å².